The maximum absolute atomic E-state index is 13.7. The number of piperidine rings is 1. The van der Waals surface area contributed by atoms with Crippen LogP contribution in [-0.2, 0) is 16.0 Å². The molecule has 2 aromatic heterocycles. The van der Waals surface area contributed by atoms with Gasteiger partial charge in [-0.05, 0) is 53.5 Å². The lowest BCUT2D eigenvalue weighted by Gasteiger charge is -2.33. The number of hydrogen-bond acceptors (Lipinski definition) is 8. The number of para-hydroxylation sites is 1. The Morgan fingerprint density at radius 3 is 2.22 bits per heavy atom. The largest absolute Gasteiger partial charge is 0.573 e. The molecule has 0 bridgehead atoms. The third-order valence-corrected chi connectivity index (χ3v) is 6.86. The summed E-state index contributed by atoms with van der Waals surface area (Å²) in [6.45, 7) is 14.9. The molecular weight excluding hydrogens is 607 g/mol. The van der Waals surface area contributed by atoms with Crippen LogP contribution in [0.5, 0.6) is 11.6 Å². The van der Waals surface area contributed by atoms with Gasteiger partial charge in [0, 0.05) is 37.6 Å². The average Bonchev–Trinajstić information content (AvgIpc) is 3.34. The monoisotopic (exact) mass is 649 g/mol. The highest BCUT2D eigenvalue weighted by atomic mass is 19.4. The van der Waals surface area contributed by atoms with E-state index in [0.29, 0.717) is 25.9 Å². The normalized spacial score (nSPS) is 14.8. The Morgan fingerprint density at radius 2 is 1.63 bits per heavy atom. The van der Waals surface area contributed by atoms with Crippen LogP contribution >= 0.6 is 0 Å². The van der Waals surface area contributed by atoms with Gasteiger partial charge in [-0.25, -0.2) is 19.1 Å². The maximum Gasteiger partial charge on any atom is 0.573 e. The van der Waals surface area contributed by atoms with E-state index in [0.717, 1.165) is 5.69 Å². The van der Waals surface area contributed by atoms with Crippen molar-refractivity contribution in [3.8, 4) is 11.6 Å². The summed E-state index contributed by atoms with van der Waals surface area (Å²) in [6.07, 6.45) is -3.80. The summed E-state index contributed by atoms with van der Waals surface area (Å²) in [5, 5.41) is 4.68. The van der Waals surface area contributed by atoms with Gasteiger partial charge in [0.1, 0.15) is 23.1 Å². The zero-order chi connectivity index (χ0) is 34.0. The van der Waals surface area contributed by atoms with Gasteiger partial charge < -0.3 is 23.8 Å². The number of aromatic nitrogens is 3. The third-order valence-electron chi connectivity index (χ3n) is 6.86. The number of halogens is 3. The van der Waals surface area contributed by atoms with E-state index in [1.54, 1.807) is 42.4 Å². The molecule has 3 heterocycles. The molecule has 1 saturated heterocycles. The molecule has 1 fully saturated rings. The van der Waals surface area contributed by atoms with Crippen LogP contribution in [0.1, 0.15) is 85.4 Å². The number of ether oxygens (including phenoxy) is 4. The molecule has 1 aromatic carbocycles. The van der Waals surface area contributed by atoms with E-state index in [1.807, 2.05) is 34.6 Å². The molecular formula is C32H42F3N5O6. The van der Waals surface area contributed by atoms with Crippen LogP contribution in [0.15, 0.2) is 36.5 Å². The molecule has 0 atom stereocenters. The molecule has 0 N–H and O–H groups in total. The summed E-state index contributed by atoms with van der Waals surface area (Å²) in [6, 6.07) is 7.12. The van der Waals surface area contributed by atoms with E-state index >= 15 is 0 Å². The Bertz CT molecular complexity index is 1540. The zero-order valence-electron chi connectivity index (χ0n) is 27.5. The number of amides is 2. The first-order chi connectivity index (χ1) is 21.3. The number of rotatable bonds is 7. The maximum atomic E-state index is 13.7. The smallest absolute Gasteiger partial charge is 0.473 e. The number of hydrogen-bond donors (Lipinski definition) is 0. The van der Waals surface area contributed by atoms with Crippen molar-refractivity contribution in [2.24, 2.45) is 0 Å². The summed E-state index contributed by atoms with van der Waals surface area (Å²) in [4.78, 5) is 33.7. The van der Waals surface area contributed by atoms with E-state index in [4.69, 9.17) is 14.2 Å². The van der Waals surface area contributed by atoms with Gasteiger partial charge in [0.05, 0.1) is 24.1 Å². The van der Waals surface area contributed by atoms with Crippen molar-refractivity contribution in [3.05, 3.63) is 47.8 Å². The fourth-order valence-corrected chi connectivity index (χ4v) is 4.85. The van der Waals surface area contributed by atoms with E-state index in [2.05, 4.69) is 14.8 Å². The molecule has 252 valence electrons. The first kappa shape index (κ1) is 34.6. The molecule has 1 aliphatic rings. The summed E-state index contributed by atoms with van der Waals surface area (Å²) in [5.41, 5.74) is -0.200. The number of nitrogens with zero attached hydrogens (tertiary/aromatic N) is 5. The molecule has 0 saturated carbocycles. The van der Waals surface area contributed by atoms with Crippen molar-refractivity contribution < 1.29 is 41.7 Å². The Kier molecular flexibility index (Phi) is 9.98. The molecule has 0 unspecified atom stereocenters. The predicted octanol–water partition coefficient (Wildman–Crippen LogP) is 7.47. The number of imidazole rings is 1. The van der Waals surface area contributed by atoms with Gasteiger partial charge in [-0.1, -0.05) is 32.0 Å². The molecule has 4 rings (SSSR count). The fraction of sp³-hybridized carbons (Fsp3) is 0.562. The lowest BCUT2D eigenvalue weighted by atomic mass is 10.1. The van der Waals surface area contributed by atoms with Crippen LogP contribution in [-0.4, -0.2) is 68.4 Å². The fourth-order valence-electron chi connectivity index (χ4n) is 4.85. The molecule has 46 heavy (non-hydrogen) atoms. The Labute approximate surface area is 266 Å². The number of carbonyl (C=O) groups excluding carboxylic acids is 2. The zero-order valence-corrected chi connectivity index (χ0v) is 27.5. The van der Waals surface area contributed by atoms with Crippen molar-refractivity contribution >= 4 is 23.5 Å². The third kappa shape index (κ3) is 9.16. The molecule has 1 aliphatic heterocycles. The number of alkyl halides is 3. The number of carbonyl (C=O) groups is 2. The van der Waals surface area contributed by atoms with Crippen LogP contribution in [0, 0.1) is 0 Å². The minimum Gasteiger partial charge on any atom is -0.473 e. The van der Waals surface area contributed by atoms with Gasteiger partial charge in [-0.3, -0.25) is 4.90 Å². The molecule has 3 aromatic rings. The van der Waals surface area contributed by atoms with Crippen LogP contribution < -0.4 is 14.4 Å². The van der Waals surface area contributed by atoms with E-state index < -0.39 is 35.5 Å². The predicted molar refractivity (Wildman–Crippen MR) is 164 cm³/mol. The van der Waals surface area contributed by atoms with Gasteiger partial charge >= 0.3 is 18.5 Å². The average molecular weight is 650 g/mol. The SMILES string of the molecule is CC(C)c1cnc2c(N(Cc3ccccc3OC(F)(F)F)C(=O)OC(C)(C)C)cc(OC3CCN(C(=O)OC(C)(C)C)CC3)nn12. The Balaban J connectivity index is 1.72. The standard InChI is InChI=1S/C32H42F3N5O6/c1-20(2)24-18-36-27-23(17-26(37-40(24)27)43-22-13-15-38(16-14-22)28(41)45-30(3,4)5)39(29(42)46-31(6,7)8)19-21-11-9-10-12-25(21)44-32(33,34)35/h9-12,17-18,20,22H,13-16,19H2,1-8H3. The minimum atomic E-state index is -4.94. The molecule has 14 heteroatoms. The second-order valence-corrected chi connectivity index (χ2v) is 13.4. The second-order valence-electron chi connectivity index (χ2n) is 13.4. The van der Waals surface area contributed by atoms with Crippen molar-refractivity contribution in [2.45, 2.75) is 104 Å². The first-order valence-corrected chi connectivity index (χ1v) is 15.2. The van der Waals surface area contributed by atoms with Gasteiger partial charge in [0.15, 0.2) is 5.65 Å². The van der Waals surface area contributed by atoms with E-state index in [1.165, 1.54) is 29.2 Å². The minimum absolute atomic E-state index is 0.0152. The number of anilines is 1. The van der Waals surface area contributed by atoms with Gasteiger partial charge in [-0.2, -0.15) is 0 Å². The van der Waals surface area contributed by atoms with Gasteiger partial charge in [-0.15, -0.1) is 18.3 Å². The highest BCUT2D eigenvalue weighted by molar-refractivity contribution is 5.92. The summed E-state index contributed by atoms with van der Waals surface area (Å²) in [5.74, 6) is -0.293. The van der Waals surface area contributed by atoms with Crippen LogP contribution in [0.3, 0.4) is 0 Å². The quantitative estimate of drug-likeness (QED) is 0.260. The molecule has 0 spiro atoms. The van der Waals surface area contributed by atoms with Crippen molar-refractivity contribution in [1.29, 1.82) is 0 Å². The molecule has 11 nitrogen and oxygen atoms in total. The Morgan fingerprint density at radius 1 is 1.00 bits per heavy atom. The molecule has 0 radical (unpaired) electrons. The lowest BCUT2D eigenvalue weighted by molar-refractivity contribution is -0.274. The highest BCUT2D eigenvalue weighted by Gasteiger charge is 2.34. The van der Waals surface area contributed by atoms with Crippen LogP contribution in [0.4, 0.5) is 28.4 Å². The first-order valence-electron chi connectivity index (χ1n) is 15.2. The van der Waals surface area contributed by atoms with Crippen molar-refractivity contribution in [1.82, 2.24) is 19.5 Å². The van der Waals surface area contributed by atoms with Crippen molar-refractivity contribution in [3.63, 3.8) is 0 Å². The van der Waals surface area contributed by atoms with Gasteiger partial charge in [0.2, 0.25) is 5.88 Å². The number of fused-ring (bicyclic) bond motifs is 1. The number of likely N-dealkylation sites (tertiary alicyclic amines) is 1. The summed E-state index contributed by atoms with van der Waals surface area (Å²) in [7, 11) is 0. The topological polar surface area (TPSA) is 108 Å². The van der Waals surface area contributed by atoms with Crippen molar-refractivity contribution in [2.75, 3.05) is 18.0 Å². The molecule has 2 amide bonds. The van der Waals surface area contributed by atoms with Crippen LogP contribution in [0.25, 0.3) is 5.65 Å². The highest BCUT2D eigenvalue weighted by Crippen LogP contribution is 2.34. The van der Waals surface area contributed by atoms with E-state index in [9.17, 15) is 22.8 Å². The summed E-state index contributed by atoms with van der Waals surface area (Å²) >= 11 is 0. The number of benzene rings is 1. The summed E-state index contributed by atoms with van der Waals surface area (Å²) < 4.78 is 63.2. The van der Waals surface area contributed by atoms with Gasteiger partial charge in [0.25, 0.3) is 0 Å². The van der Waals surface area contributed by atoms with E-state index in [-0.39, 0.29) is 41.3 Å². The second kappa shape index (κ2) is 13.2. The van der Waals surface area contributed by atoms with Crippen LogP contribution in [0.2, 0.25) is 0 Å². The molecule has 0 aliphatic carbocycles. The lowest BCUT2D eigenvalue weighted by Crippen LogP contribution is -2.44. The Hall–Kier alpha value is -4.23.